The van der Waals surface area contributed by atoms with E-state index >= 15 is 0 Å². The molecule has 9 heteroatoms. The topological polar surface area (TPSA) is 86.1 Å². The van der Waals surface area contributed by atoms with Gasteiger partial charge in [-0.05, 0) is 36.4 Å². The first-order valence-electron chi connectivity index (χ1n) is 10.9. The van der Waals surface area contributed by atoms with Crippen LogP contribution >= 0.6 is 11.8 Å². The predicted molar refractivity (Wildman–Crippen MR) is 132 cm³/mol. The van der Waals surface area contributed by atoms with Crippen LogP contribution in [-0.2, 0) is 6.42 Å². The average molecular weight is 491 g/mol. The molecular formula is C26H23FN4O3S. The predicted octanol–water partition coefficient (Wildman–Crippen LogP) is 4.36. The van der Waals surface area contributed by atoms with Crippen LogP contribution in [0.2, 0.25) is 0 Å². The Kier molecular flexibility index (Phi) is 7.89. The third-order valence-corrected chi connectivity index (χ3v) is 6.12. The maximum absolute atomic E-state index is 13.9. The molecule has 1 aromatic heterocycles. The molecule has 4 aromatic rings. The lowest BCUT2D eigenvalue weighted by atomic mass is 10.1. The molecule has 0 aliphatic heterocycles. The van der Waals surface area contributed by atoms with Crippen LogP contribution in [0.5, 0.6) is 5.75 Å². The number of ether oxygens (including phenoxy) is 1. The van der Waals surface area contributed by atoms with Gasteiger partial charge in [-0.2, -0.15) is 0 Å². The Morgan fingerprint density at radius 2 is 1.77 bits per heavy atom. The number of para-hydroxylation sites is 1. The first-order valence-corrected chi connectivity index (χ1v) is 11.9. The molecule has 0 atom stereocenters. The van der Waals surface area contributed by atoms with Crippen molar-refractivity contribution in [1.82, 2.24) is 20.1 Å². The van der Waals surface area contributed by atoms with Crippen LogP contribution in [0.1, 0.15) is 26.5 Å². The quantitative estimate of drug-likeness (QED) is 0.263. The van der Waals surface area contributed by atoms with Crippen LogP contribution in [0.15, 0.2) is 84.0 Å². The summed E-state index contributed by atoms with van der Waals surface area (Å²) in [5.41, 5.74) is 1.38. The van der Waals surface area contributed by atoms with E-state index in [0.29, 0.717) is 28.7 Å². The Hall–Kier alpha value is -3.98. The molecule has 0 unspecified atom stereocenters. The number of carbonyl (C=O) groups excluding carboxylic acids is 2. The molecule has 0 saturated heterocycles. The van der Waals surface area contributed by atoms with E-state index in [1.165, 1.54) is 30.0 Å². The van der Waals surface area contributed by atoms with Crippen molar-refractivity contribution in [2.24, 2.45) is 0 Å². The number of hydrogen-bond donors (Lipinski definition) is 1. The van der Waals surface area contributed by atoms with E-state index in [1.54, 1.807) is 37.4 Å². The summed E-state index contributed by atoms with van der Waals surface area (Å²) in [7, 11) is 1.56. The van der Waals surface area contributed by atoms with Gasteiger partial charge in [0, 0.05) is 24.2 Å². The van der Waals surface area contributed by atoms with Crippen LogP contribution in [0.3, 0.4) is 0 Å². The molecule has 1 amide bonds. The van der Waals surface area contributed by atoms with Crippen molar-refractivity contribution in [2.45, 2.75) is 11.6 Å². The van der Waals surface area contributed by atoms with Gasteiger partial charge in [0.25, 0.3) is 5.91 Å². The maximum atomic E-state index is 13.9. The molecule has 35 heavy (non-hydrogen) atoms. The van der Waals surface area contributed by atoms with E-state index in [2.05, 4.69) is 15.5 Å². The highest BCUT2D eigenvalue weighted by molar-refractivity contribution is 7.99. The largest absolute Gasteiger partial charge is 0.497 e. The number of nitrogens with zero attached hydrogens (tertiary/aromatic N) is 3. The molecule has 4 rings (SSSR count). The minimum absolute atomic E-state index is 0.00988. The van der Waals surface area contributed by atoms with Crippen LogP contribution in [-0.4, -0.2) is 45.9 Å². The van der Waals surface area contributed by atoms with Crippen molar-refractivity contribution in [3.63, 3.8) is 0 Å². The molecule has 0 fully saturated rings. The average Bonchev–Trinajstić information content (AvgIpc) is 3.30. The molecule has 0 aliphatic rings. The fourth-order valence-corrected chi connectivity index (χ4v) is 4.30. The van der Waals surface area contributed by atoms with Crippen molar-refractivity contribution in [1.29, 1.82) is 0 Å². The molecule has 0 bridgehead atoms. The molecule has 7 nitrogen and oxygen atoms in total. The van der Waals surface area contributed by atoms with Gasteiger partial charge in [-0.3, -0.25) is 14.2 Å². The van der Waals surface area contributed by atoms with E-state index in [0.717, 1.165) is 5.69 Å². The summed E-state index contributed by atoms with van der Waals surface area (Å²) in [5, 5.41) is 11.9. The normalized spacial score (nSPS) is 10.7. The number of hydrogen-bond acceptors (Lipinski definition) is 6. The van der Waals surface area contributed by atoms with Crippen molar-refractivity contribution in [3.8, 4) is 11.4 Å². The van der Waals surface area contributed by atoms with Crippen molar-refractivity contribution < 1.29 is 18.7 Å². The summed E-state index contributed by atoms with van der Waals surface area (Å²) in [5.74, 6) is 0.274. The van der Waals surface area contributed by atoms with Gasteiger partial charge in [-0.15, -0.1) is 10.2 Å². The molecule has 0 spiro atoms. The fraction of sp³-hybridized carbons (Fsp3) is 0.154. The Bertz CT molecular complexity index is 1330. The third kappa shape index (κ3) is 5.93. The summed E-state index contributed by atoms with van der Waals surface area (Å²) in [4.78, 5) is 25.1. The van der Waals surface area contributed by atoms with Gasteiger partial charge in [0.2, 0.25) is 0 Å². The van der Waals surface area contributed by atoms with Crippen LogP contribution in [0.4, 0.5) is 4.39 Å². The molecule has 0 radical (unpaired) electrons. The number of nitrogens with one attached hydrogen (secondary N) is 1. The zero-order valence-electron chi connectivity index (χ0n) is 19.0. The number of carbonyl (C=O) groups is 2. The van der Waals surface area contributed by atoms with Crippen molar-refractivity contribution in [2.75, 3.05) is 19.4 Å². The minimum Gasteiger partial charge on any atom is -0.497 e. The molecule has 178 valence electrons. The second-order valence-corrected chi connectivity index (χ2v) is 8.44. The fourth-order valence-electron chi connectivity index (χ4n) is 3.43. The number of halogens is 1. The summed E-state index contributed by atoms with van der Waals surface area (Å²) in [6, 6.07) is 22.4. The number of thioether (sulfide) groups is 1. The highest BCUT2D eigenvalue weighted by Gasteiger charge is 2.17. The summed E-state index contributed by atoms with van der Waals surface area (Å²) >= 11 is 1.28. The lowest BCUT2D eigenvalue weighted by Crippen LogP contribution is -2.27. The van der Waals surface area contributed by atoms with Gasteiger partial charge in [-0.1, -0.05) is 54.2 Å². The molecule has 0 aliphatic carbocycles. The molecule has 1 N–H and O–H groups in total. The Labute approximate surface area is 206 Å². The number of ketones is 1. The summed E-state index contributed by atoms with van der Waals surface area (Å²) in [6.07, 6.45) is 0.368. The van der Waals surface area contributed by atoms with Gasteiger partial charge in [0.15, 0.2) is 10.9 Å². The highest BCUT2D eigenvalue weighted by Crippen LogP contribution is 2.24. The zero-order chi connectivity index (χ0) is 24.6. The number of rotatable bonds is 10. The smallest absolute Gasteiger partial charge is 0.254 e. The lowest BCUT2D eigenvalue weighted by Gasteiger charge is -2.11. The SMILES string of the molecule is COc1cccc(C(=O)CSc2nnc(CCNC(=O)c3ccccc3F)n2-c2ccccc2)c1. The van der Waals surface area contributed by atoms with Gasteiger partial charge in [0.1, 0.15) is 17.4 Å². The van der Waals surface area contributed by atoms with Crippen LogP contribution in [0, 0.1) is 5.82 Å². The molecule has 1 heterocycles. The minimum atomic E-state index is -0.572. The zero-order valence-corrected chi connectivity index (χ0v) is 19.8. The molecule has 0 saturated carbocycles. The second kappa shape index (κ2) is 11.4. The summed E-state index contributed by atoms with van der Waals surface area (Å²) < 4.78 is 20.9. The van der Waals surface area contributed by atoms with Crippen LogP contribution < -0.4 is 10.1 Å². The second-order valence-electron chi connectivity index (χ2n) is 7.50. The van der Waals surface area contributed by atoms with Gasteiger partial charge >= 0.3 is 0 Å². The van der Waals surface area contributed by atoms with E-state index in [9.17, 15) is 14.0 Å². The highest BCUT2D eigenvalue weighted by atomic mass is 32.2. The first kappa shape index (κ1) is 24.2. The van der Waals surface area contributed by atoms with Crippen LogP contribution in [0.25, 0.3) is 5.69 Å². The number of methoxy groups -OCH3 is 1. The Morgan fingerprint density at radius 1 is 1.00 bits per heavy atom. The van der Waals surface area contributed by atoms with Crippen molar-refractivity contribution in [3.05, 3.63) is 102 Å². The van der Waals surface area contributed by atoms with E-state index in [-0.39, 0.29) is 23.6 Å². The Balaban J connectivity index is 1.47. The monoisotopic (exact) mass is 490 g/mol. The van der Waals surface area contributed by atoms with Crippen molar-refractivity contribution >= 4 is 23.5 Å². The van der Waals surface area contributed by atoms with E-state index in [1.807, 2.05) is 34.9 Å². The number of benzene rings is 3. The number of Topliss-reactive ketones (excluding diaryl/α,β-unsaturated/α-hetero) is 1. The van der Waals surface area contributed by atoms with E-state index in [4.69, 9.17) is 4.74 Å². The molecule has 3 aromatic carbocycles. The standard InChI is InChI=1S/C26H23FN4O3S/c1-34-20-11-7-8-18(16-20)23(32)17-35-26-30-29-24(31(26)19-9-3-2-4-10-19)14-15-28-25(33)21-12-5-6-13-22(21)27/h2-13,16H,14-15,17H2,1H3,(H,28,33). The first-order chi connectivity index (χ1) is 17.1. The maximum Gasteiger partial charge on any atom is 0.254 e. The number of aromatic nitrogens is 3. The lowest BCUT2D eigenvalue weighted by molar-refractivity contribution is 0.0949. The van der Waals surface area contributed by atoms with Gasteiger partial charge in [-0.25, -0.2) is 4.39 Å². The Morgan fingerprint density at radius 3 is 2.54 bits per heavy atom. The third-order valence-electron chi connectivity index (χ3n) is 5.19. The van der Waals surface area contributed by atoms with Gasteiger partial charge < -0.3 is 10.1 Å². The van der Waals surface area contributed by atoms with E-state index < -0.39 is 11.7 Å². The summed E-state index contributed by atoms with van der Waals surface area (Å²) in [6.45, 7) is 0.242. The number of amides is 1. The molecular weight excluding hydrogens is 467 g/mol. The van der Waals surface area contributed by atoms with Gasteiger partial charge in [0.05, 0.1) is 18.4 Å².